The van der Waals surface area contributed by atoms with E-state index in [0.717, 1.165) is 0 Å². The van der Waals surface area contributed by atoms with Crippen molar-refractivity contribution in [2.75, 3.05) is 5.43 Å². The summed E-state index contributed by atoms with van der Waals surface area (Å²) < 4.78 is 28.5. The van der Waals surface area contributed by atoms with Gasteiger partial charge in [-0.05, 0) is 25.1 Å². The number of anilines is 1. The number of sulfonamides is 1. The van der Waals surface area contributed by atoms with Crippen molar-refractivity contribution in [3.05, 3.63) is 36.8 Å². The molecule has 1 atom stereocenters. The first-order chi connectivity index (χ1) is 9.51. The van der Waals surface area contributed by atoms with Crippen LogP contribution in [0.25, 0.3) is 0 Å². The lowest BCUT2D eigenvalue weighted by Gasteiger charge is -2.14. The highest BCUT2D eigenvalue weighted by Gasteiger charge is 2.18. The normalized spacial score (nSPS) is 13.1. The fourth-order valence-corrected chi connectivity index (χ4v) is 2.86. The summed E-state index contributed by atoms with van der Waals surface area (Å²) in [5, 5.41) is 4.03. The van der Waals surface area contributed by atoms with Crippen LogP contribution in [-0.2, 0) is 16.6 Å². The molecule has 20 heavy (non-hydrogen) atoms. The minimum atomic E-state index is -3.61. The Bertz CT molecular complexity index is 638. The molecule has 0 saturated carbocycles. The number of nitrogens with two attached hydrogens (primary N) is 1. The number of nitrogen functional groups attached to an aromatic ring is 1. The summed E-state index contributed by atoms with van der Waals surface area (Å²) in [6.07, 6.45) is 4.66. The smallest absolute Gasteiger partial charge is 0.242 e. The molecule has 0 bridgehead atoms. The Kier molecular flexibility index (Phi) is 4.32. The van der Waals surface area contributed by atoms with Crippen molar-refractivity contribution in [2.24, 2.45) is 5.84 Å². The minimum Gasteiger partial charge on any atom is -0.308 e. The van der Waals surface area contributed by atoms with Gasteiger partial charge in [0.05, 0.1) is 6.54 Å². The van der Waals surface area contributed by atoms with Gasteiger partial charge in [-0.3, -0.25) is 4.68 Å². The van der Waals surface area contributed by atoms with Crippen LogP contribution in [0.5, 0.6) is 0 Å². The lowest BCUT2D eigenvalue weighted by atomic mass is 10.4. The third kappa shape index (κ3) is 3.53. The first kappa shape index (κ1) is 14.4. The van der Waals surface area contributed by atoms with Gasteiger partial charge in [-0.25, -0.2) is 24.0 Å². The lowest BCUT2D eigenvalue weighted by molar-refractivity contribution is 0.494. The molecular weight excluding hydrogens is 280 g/mol. The van der Waals surface area contributed by atoms with Crippen molar-refractivity contribution in [2.45, 2.75) is 24.4 Å². The third-order valence-electron chi connectivity index (χ3n) is 2.57. The first-order valence-corrected chi connectivity index (χ1v) is 7.42. The molecule has 0 aliphatic heterocycles. The average Bonchev–Trinajstić information content (AvgIpc) is 2.91. The van der Waals surface area contributed by atoms with Crippen molar-refractivity contribution < 1.29 is 8.42 Å². The zero-order chi connectivity index (χ0) is 14.6. The van der Waals surface area contributed by atoms with Crippen LogP contribution in [0.1, 0.15) is 6.92 Å². The SMILES string of the molecule is CC(Cn1cccn1)NS(=O)(=O)c1ccc(NN)nc1. The van der Waals surface area contributed by atoms with Gasteiger partial charge in [0, 0.05) is 24.6 Å². The molecule has 8 nitrogen and oxygen atoms in total. The molecule has 2 aromatic heterocycles. The van der Waals surface area contributed by atoms with Crippen molar-refractivity contribution in [3.63, 3.8) is 0 Å². The van der Waals surface area contributed by atoms with E-state index in [2.05, 4.69) is 20.2 Å². The van der Waals surface area contributed by atoms with Gasteiger partial charge >= 0.3 is 0 Å². The summed E-state index contributed by atoms with van der Waals surface area (Å²) >= 11 is 0. The Morgan fingerprint density at radius 2 is 2.25 bits per heavy atom. The van der Waals surface area contributed by atoms with E-state index in [4.69, 9.17) is 5.84 Å². The quantitative estimate of drug-likeness (QED) is 0.508. The summed E-state index contributed by atoms with van der Waals surface area (Å²) in [5.74, 6) is 5.57. The van der Waals surface area contributed by atoms with Crippen LogP contribution >= 0.6 is 0 Å². The van der Waals surface area contributed by atoms with Crippen LogP contribution in [-0.4, -0.2) is 29.2 Å². The summed E-state index contributed by atoms with van der Waals surface area (Å²) in [5.41, 5.74) is 2.34. The topological polar surface area (TPSA) is 115 Å². The van der Waals surface area contributed by atoms with Crippen LogP contribution in [0.3, 0.4) is 0 Å². The molecule has 2 aromatic rings. The van der Waals surface area contributed by atoms with E-state index in [9.17, 15) is 8.42 Å². The molecule has 0 amide bonds. The molecule has 2 rings (SSSR count). The number of rotatable bonds is 6. The van der Waals surface area contributed by atoms with Gasteiger partial charge in [-0.15, -0.1) is 0 Å². The molecule has 1 unspecified atom stereocenters. The highest BCUT2D eigenvalue weighted by molar-refractivity contribution is 7.89. The van der Waals surface area contributed by atoms with E-state index in [1.165, 1.54) is 18.3 Å². The van der Waals surface area contributed by atoms with E-state index >= 15 is 0 Å². The molecule has 0 spiro atoms. The van der Waals surface area contributed by atoms with E-state index in [-0.39, 0.29) is 10.9 Å². The van der Waals surface area contributed by atoms with Gasteiger partial charge in [-0.1, -0.05) is 0 Å². The second kappa shape index (κ2) is 5.99. The molecule has 0 aliphatic carbocycles. The Labute approximate surface area is 117 Å². The monoisotopic (exact) mass is 296 g/mol. The van der Waals surface area contributed by atoms with Gasteiger partial charge in [0.25, 0.3) is 0 Å². The van der Waals surface area contributed by atoms with Gasteiger partial charge in [0.1, 0.15) is 10.7 Å². The van der Waals surface area contributed by atoms with Crippen molar-refractivity contribution in [1.82, 2.24) is 19.5 Å². The number of hydrogen-bond donors (Lipinski definition) is 3. The summed E-state index contributed by atoms with van der Waals surface area (Å²) in [6.45, 7) is 2.21. The van der Waals surface area contributed by atoms with Crippen LogP contribution in [0.2, 0.25) is 0 Å². The molecule has 0 fully saturated rings. The maximum atomic E-state index is 12.1. The molecule has 0 radical (unpaired) electrons. The Balaban J connectivity index is 2.05. The fraction of sp³-hybridized carbons (Fsp3) is 0.273. The largest absolute Gasteiger partial charge is 0.308 e. The predicted octanol–water partition coefficient (Wildman–Crippen LogP) is -0.0693. The Morgan fingerprint density at radius 1 is 1.45 bits per heavy atom. The Hall–Kier alpha value is -1.97. The lowest BCUT2D eigenvalue weighted by Crippen LogP contribution is -2.35. The number of nitrogens with one attached hydrogen (secondary N) is 2. The number of hydrazine groups is 1. The van der Waals surface area contributed by atoms with Crippen molar-refractivity contribution in [3.8, 4) is 0 Å². The van der Waals surface area contributed by atoms with Gasteiger partial charge in [0.2, 0.25) is 10.0 Å². The van der Waals surface area contributed by atoms with Gasteiger partial charge in [-0.2, -0.15) is 5.10 Å². The van der Waals surface area contributed by atoms with Crippen molar-refractivity contribution in [1.29, 1.82) is 0 Å². The summed E-state index contributed by atoms with van der Waals surface area (Å²) in [4.78, 5) is 3.96. The number of aromatic nitrogens is 3. The highest BCUT2D eigenvalue weighted by Crippen LogP contribution is 2.10. The zero-order valence-electron chi connectivity index (χ0n) is 10.9. The molecule has 0 aromatic carbocycles. The molecule has 0 saturated heterocycles. The highest BCUT2D eigenvalue weighted by atomic mass is 32.2. The molecule has 9 heteroatoms. The second-order valence-electron chi connectivity index (χ2n) is 4.27. The van der Waals surface area contributed by atoms with Crippen LogP contribution in [0, 0.1) is 0 Å². The molecule has 108 valence electrons. The minimum absolute atomic E-state index is 0.0869. The standard InChI is InChI=1S/C11H16N6O2S/c1-9(8-17-6-2-5-14-17)16-20(18,19)10-3-4-11(15-12)13-7-10/h2-7,9,16H,8,12H2,1H3,(H,13,15). The van der Waals surface area contributed by atoms with Gasteiger partial charge < -0.3 is 5.43 Å². The van der Waals surface area contributed by atoms with Crippen molar-refractivity contribution >= 4 is 15.8 Å². The number of nitrogens with zero attached hydrogens (tertiary/aromatic N) is 3. The van der Waals surface area contributed by atoms with Crippen LogP contribution in [0.15, 0.2) is 41.7 Å². The van der Waals surface area contributed by atoms with Crippen LogP contribution < -0.4 is 16.0 Å². The second-order valence-corrected chi connectivity index (χ2v) is 5.99. The zero-order valence-corrected chi connectivity index (χ0v) is 11.7. The predicted molar refractivity (Wildman–Crippen MR) is 74.1 cm³/mol. The van der Waals surface area contributed by atoms with Crippen LogP contribution in [0.4, 0.5) is 5.82 Å². The molecular formula is C11H16N6O2S. The summed E-state index contributed by atoms with van der Waals surface area (Å²) in [6, 6.07) is 4.41. The molecule has 0 aliphatic rings. The van der Waals surface area contributed by atoms with E-state index in [0.29, 0.717) is 12.4 Å². The maximum Gasteiger partial charge on any atom is 0.242 e. The van der Waals surface area contributed by atoms with E-state index in [1.54, 1.807) is 30.1 Å². The van der Waals surface area contributed by atoms with Gasteiger partial charge in [0.15, 0.2) is 0 Å². The van der Waals surface area contributed by atoms with E-state index in [1.807, 2.05) is 0 Å². The molecule has 2 heterocycles. The fourth-order valence-electron chi connectivity index (χ4n) is 1.68. The summed E-state index contributed by atoms with van der Waals surface area (Å²) in [7, 11) is -3.61. The Morgan fingerprint density at radius 3 is 2.80 bits per heavy atom. The number of hydrogen-bond acceptors (Lipinski definition) is 6. The first-order valence-electron chi connectivity index (χ1n) is 5.93. The number of pyridine rings is 1. The molecule has 4 N–H and O–H groups in total. The van der Waals surface area contributed by atoms with E-state index < -0.39 is 10.0 Å². The average molecular weight is 296 g/mol. The maximum absolute atomic E-state index is 12.1. The third-order valence-corrected chi connectivity index (χ3v) is 4.15.